The van der Waals surface area contributed by atoms with Crippen LogP contribution in [0.1, 0.15) is 39.1 Å². The van der Waals surface area contributed by atoms with Crippen molar-refractivity contribution in [2.75, 3.05) is 19.8 Å². The summed E-state index contributed by atoms with van der Waals surface area (Å²) < 4.78 is 7.35. The fraction of sp³-hybridized carbons (Fsp3) is 0.900. The maximum Gasteiger partial charge on any atom is 0.168 e. The Balaban J connectivity index is 2.24. The number of nitrogens with zero attached hydrogens (tertiary/aromatic N) is 4. The van der Waals surface area contributed by atoms with Gasteiger partial charge in [-0.15, -0.1) is 5.10 Å². The van der Waals surface area contributed by atoms with E-state index in [0.717, 1.165) is 25.4 Å². The Hall–Kier alpha value is -1.01. The Bertz CT molecular complexity index is 345. The molecule has 1 aromatic heterocycles. The zero-order valence-corrected chi connectivity index (χ0v) is 10.1. The molecule has 0 spiro atoms. The van der Waals surface area contributed by atoms with Crippen LogP contribution in [-0.4, -0.2) is 40.0 Å². The number of aromatic nitrogens is 4. The van der Waals surface area contributed by atoms with Gasteiger partial charge in [-0.3, -0.25) is 0 Å². The first-order chi connectivity index (χ1) is 7.67. The predicted molar refractivity (Wildman–Crippen MR) is 59.0 cm³/mol. The van der Waals surface area contributed by atoms with E-state index in [1.807, 2.05) is 4.68 Å². The van der Waals surface area contributed by atoms with E-state index >= 15 is 0 Å². The Kier molecular flexibility index (Phi) is 3.20. The van der Waals surface area contributed by atoms with Crippen molar-refractivity contribution < 1.29 is 4.74 Å². The highest BCUT2D eigenvalue weighted by Crippen LogP contribution is 2.27. The Morgan fingerprint density at radius 3 is 3.06 bits per heavy atom. The summed E-state index contributed by atoms with van der Waals surface area (Å²) in [6.07, 6.45) is 0.962. The molecule has 2 atom stereocenters. The summed E-state index contributed by atoms with van der Waals surface area (Å²) in [7, 11) is 0. The van der Waals surface area contributed by atoms with Crippen molar-refractivity contribution in [1.29, 1.82) is 0 Å². The number of tetrazole rings is 1. The van der Waals surface area contributed by atoms with E-state index in [9.17, 15) is 0 Å². The second kappa shape index (κ2) is 4.47. The van der Waals surface area contributed by atoms with Crippen molar-refractivity contribution in [2.45, 2.75) is 38.8 Å². The van der Waals surface area contributed by atoms with Crippen LogP contribution in [0.25, 0.3) is 0 Å². The van der Waals surface area contributed by atoms with E-state index in [0.29, 0.717) is 6.61 Å². The van der Waals surface area contributed by atoms with Gasteiger partial charge in [0.25, 0.3) is 0 Å². The molecular weight excluding hydrogens is 206 g/mol. The van der Waals surface area contributed by atoms with E-state index < -0.39 is 0 Å². The first-order valence-electron chi connectivity index (χ1n) is 5.77. The summed E-state index contributed by atoms with van der Waals surface area (Å²) in [4.78, 5) is 0. The van der Waals surface area contributed by atoms with E-state index in [4.69, 9.17) is 4.74 Å². The van der Waals surface area contributed by atoms with Crippen LogP contribution in [0.3, 0.4) is 0 Å². The highest BCUT2D eigenvalue weighted by Gasteiger charge is 2.35. The third kappa shape index (κ3) is 1.94. The largest absolute Gasteiger partial charge is 0.379 e. The van der Waals surface area contributed by atoms with E-state index in [-0.39, 0.29) is 11.6 Å². The maximum atomic E-state index is 5.44. The molecule has 1 saturated heterocycles. The standard InChI is InChI=1S/C10H19N5O/c1-4-11-8(2)9-12-13-14-15(9)10(3)5-6-16-7-10/h8,11H,4-7H2,1-3H3. The molecule has 1 fully saturated rings. The molecule has 0 amide bonds. The summed E-state index contributed by atoms with van der Waals surface area (Å²) in [6.45, 7) is 8.66. The normalized spacial score (nSPS) is 27.2. The van der Waals surface area contributed by atoms with E-state index in [1.54, 1.807) is 0 Å². The lowest BCUT2D eigenvalue weighted by Gasteiger charge is -2.24. The van der Waals surface area contributed by atoms with Crippen LogP contribution in [0.5, 0.6) is 0 Å². The number of hydrogen-bond donors (Lipinski definition) is 1. The lowest BCUT2D eigenvalue weighted by atomic mass is 10.0. The van der Waals surface area contributed by atoms with Crippen LogP contribution < -0.4 is 5.32 Å². The fourth-order valence-corrected chi connectivity index (χ4v) is 2.07. The highest BCUT2D eigenvalue weighted by molar-refractivity contribution is 4.97. The molecular formula is C10H19N5O. The molecule has 6 heteroatoms. The first kappa shape index (κ1) is 11.5. The zero-order chi connectivity index (χ0) is 11.6. The molecule has 1 aliphatic rings. The summed E-state index contributed by atoms with van der Waals surface area (Å²) in [6, 6.07) is 0.164. The molecule has 2 unspecified atom stereocenters. The van der Waals surface area contributed by atoms with Crippen molar-refractivity contribution in [3.8, 4) is 0 Å². The third-order valence-corrected chi connectivity index (χ3v) is 3.10. The molecule has 0 saturated carbocycles. The molecule has 1 aromatic rings. The number of ether oxygens (including phenoxy) is 1. The van der Waals surface area contributed by atoms with Crippen LogP contribution in [0.4, 0.5) is 0 Å². The molecule has 0 aromatic carbocycles. The van der Waals surface area contributed by atoms with Gasteiger partial charge in [0.15, 0.2) is 5.82 Å². The minimum Gasteiger partial charge on any atom is -0.379 e. The fourth-order valence-electron chi connectivity index (χ4n) is 2.07. The molecule has 2 rings (SSSR count). The average molecular weight is 225 g/mol. The van der Waals surface area contributed by atoms with Crippen LogP contribution >= 0.6 is 0 Å². The van der Waals surface area contributed by atoms with Crippen LogP contribution in [0.15, 0.2) is 0 Å². The first-order valence-corrected chi connectivity index (χ1v) is 5.77. The molecule has 0 radical (unpaired) electrons. The lowest BCUT2D eigenvalue weighted by molar-refractivity contribution is 0.152. The quantitative estimate of drug-likeness (QED) is 0.807. The smallest absolute Gasteiger partial charge is 0.168 e. The SMILES string of the molecule is CCNC(C)c1nnnn1C1(C)CCOC1. The van der Waals surface area contributed by atoms with Gasteiger partial charge < -0.3 is 10.1 Å². The van der Waals surface area contributed by atoms with Crippen molar-refractivity contribution in [2.24, 2.45) is 0 Å². The number of hydrogen-bond acceptors (Lipinski definition) is 5. The van der Waals surface area contributed by atoms with Crippen molar-refractivity contribution in [3.05, 3.63) is 5.82 Å². The predicted octanol–water partition coefficient (Wildman–Crippen LogP) is 0.479. The van der Waals surface area contributed by atoms with Gasteiger partial charge in [0.05, 0.1) is 18.2 Å². The lowest BCUT2D eigenvalue weighted by Crippen LogP contribution is -2.35. The summed E-state index contributed by atoms with van der Waals surface area (Å²) >= 11 is 0. The number of rotatable bonds is 4. The maximum absolute atomic E-state index is 5.44. The van der Waals surface area contributed by atoms with Crippen molar-refractivity contribution in [3.63, 3.8) is 0 Å². The summed E-state index contributed by atoms with van der Waals surface area (Å²) in [5, 5.41) is 15.3. The summed E-state index contributed by atoms with van der Waals surface area (Å²) in [5.41, 5.74) is -0.0947. The van der Waals surface area contributed by atoms with Gasteiger partial charge in [-0.25, -0.2) is 4.68 Å². The second-order valence-electron chi connectivity index (χ2n) is 4.53. The average Bonchev–Trinajstić information content (AvgIpc) is 2.86. The Morgan fingerprint density at radius 1 is 1.62 bits per heavy atom. The van der Waals surface area contributed by atoms with Crippen molar-refractivity contribution in [1.82, 2.24) is 25.5 Å². The summed E-state index contributed by atoms with van der Waals surface area (Å²) in [5.74, 6) is 0.884. The molecule has 0 aliphatic carbocycles. The van der Waals surface area contributed by atoms with Gasteiger partial charge >= 0.3 is 0 Å². The molecule has 2 heterocycles. The Labute approximate surface area is 95.4 Å². The van der Waals surface area contributed by atoms with Gasteiger partial charge in [-0.05, 0) is 37.2 Å². The van der Waals surface area contributed by atoms with Gasteiger partial charge in [-0.2, -0.15) is 0 Å². The highest BCUT2D eigenvalue weighted by atomic mass is 16.5. The van der Waals surface area contributed by atoms with Crippen LogP contribution in [0.2, 0.25) is 0 Å². The molecule has 1 aliphatic heterocycles. The Morgan fingerprint density at radius 2 is 2.44 bits per heavy atom. The van der Waals surface area contributed by atoms with Gasteiger partial charge in [0, 0.05) is 6.61 Å². The van der Waals surface area contributed by atoms with Crippen LogP contribution in [0, 0.1) is 0 Å². The molecule has 1 N–H and O–H groups in total. The molecule has 0 bridgehead atoms. The van der Waals surface area contributed by atoms with E-state index in [1.165, 1.54) is 0 Å². The monoisotopic (exact) mass is 225 g/mol. The number of nitrogens with one attached hydrogen (secondary N) is 1. The molecule has 90 valence electrons. The minimum atomic E-state index is -0.0947. The topological polar surface area (TPSA) is 64.9 Å². The van der Waals surface area contributed by atoms with Crippen molar-refractivity contribution >= 4 is 0 Å². The molecule has 16 heavy (non-hydrogen) atoms. The van der Waals surface area contributed by atoms with Gasteiger partial charge in [-0.1, -0.05) is 6.92 Å². The zero-order valence-electron chi connectivity index (χ0n) is 10.1. The van der Waals surface area contributed by atoms with Gasteiger partial charge in [0.1, 0.15) is 0 Å². The minimum absolute atomic E-state index is 0.0947. The van der Waals surface area contributed by atoms with E-state index in [2.05, 4.69) is 41.6 Å². The third-order valence-electron chi connectivity index (χ3n) is 3.10. The van der Waals surface area contributed by atoms with Gasteiger partial charge in [0.2, 0.25) is 0 Å². The van der Waals surface area contributed by atoms with Crippen LogP contribution in [-0.2, 0) is 10.3 Å². The molecule has 6 nitrogen and oxygen atoms in total. The second-order valence-corrected chi connectivity index (χ2v) is 4.53.